The molecule has 4 heteroatoms. The molecule has 0 bridgehead atoms. The van der Waals surface area contributed by atoms with E-state index in [9.17, 15) is 9.59 Å². The Bertz CT molecular complexity index is 409. The minimum Gasteiger partial charge on any atom is -0.480 e. The Hall–Kier alpha value is -1.58. The minimum absolute atomic E-state index is 0.254. The van der Waals surface area contributed by atoms with Crippen LogP contribution in [0.1, 0.15) is 31.4 Å². The molecule has 0 fully saturated rings. The molecule has 15 heavy (non-hydrogen) atoms. The molecule has 1 heterocycles. The van der Waals surface area contributed by atoms with Gasteiger partial charge in [-0.15, -0.1) is 0 Å². The van der Waals surface area contributed by atoms with Crippen LogP contribution in [-0.4, -0.2) is 15.6 Å². The van der Waals surface area contributed by atoms with Gasteiger partial charge in [-0.05, 0) is 25.0 Å². The number of carbonyl (C=O) groups is 1. The van der Waals surface area contributed by atoms with E-state index < -0.39 is 12.0 Å². The molecule has 0 unspecified atom stereocenters. The Morgan fingerprint density at radius 1 is 1.60 bits per heavy atom. The number of aliphatic carboxylic acids is 1. The lowest BCUT2D eigenvalue weighted by Crippen LogP contribution is -2.29. The highest BCUT2D eigenvalue weighted by Gasteiger charge is 2.18. The second-order valence-electron chi connectivity index (χ2n) is 3.59. The molecule has 0 aliphatic heterocycles. The van der Waals surface area contributed by atoms with Crippen LogP contribution < -0.4 is 5.56 Å². The van der Waals surface area contributed by atoms with Crippen molar-refractivity contribution in [3.05, 3.63) is 34.2 Å². The highest BCUT2D eigenvalue weighted by Crippen LogP contribution is 2.11. The smallest absolute Gasteiger partial charge is 0.326 e. The molecule has 0 aliphatic rings. The number of carboxylic acid groups (broad SMARTS) is 1. The zero-order valence-corrected chi connectivity index (χ0v) is 8.93. The van der Waals surface area contributed by atoms with Crippen LogP contribution in [0, 0.1) is 6.92 Å². The molecule has 0 saturated carbocycles. The lowest BCUT2D eigenvalue weighted by Gasteiger charge is -2.14. The number of hydrogen-bond donors (Lipinski definition) is 1. The lowest BCUT2D eigenvalue weighted by atomic mass is 10.1. The van der Waals surface area contributed by atoms with Crippen molar-refractivity contribution in [1.82, 2.24) is 4.57 Å². The number of pyridine rings is 1. The molecule has 0 aromatic carbocycles. The molecule has 1 atom stereocenters. The Kier molecular flexibility index (Phi) is 3.66. The summed E-state index contributed by atoms with van der Waals surface area (Å²) in [5.74, 6) is -0.956. The van der Waals surface area contributed by atoms with E-state index in [-0.39, 0.29) is 5.56 Å². The molecule has 82 valence electrons. The summed E-state index contributed by atoms with van der Waals surface area (Å²) in [6.07, 6.45) is 2.75. The number of aryl methyl sites for hydroxylation is 1. The second-order valence-corrected chi connectivity index (χ2v) is 3.59. The molecular weight excluding hydrogens is 194 g/mol. The van der Waals surface area contributed by atoms with Gasteiger partial charge in [0.05, 0.1) is 0 Å². The molecule has 0 radical (unpaired) electrons. The number of rotatable bonds is 4. The first-order valence-corrected chi connectivity index (χ1v) is 4.98. The molecule has 4 nitrogen and oxygen atoms in total. The SMILES string of the molecule is CCC[C@@H](C(=O)O)n1ccc(C)cc1=O. The van der Waals surface area contributed by atoms with Gasteiger partial charge in [-0.2, -0.15) is 0 Å². The Labute approximate surface area is 88.2 Å². The average Bonchev–Trinajstić information content (AvgIpc) is 2.15. The Morgan fingerprint density at radius 2 is 2.27 bits per heavy atom. The zero-order chi connectivity index (χ0) is 11.4. The molecule has 1 aromatic heterocycles. The lowest BCUT2D eigenvalue weighted by molar-refractivity contribution is -0.141. The molecule has 0 aliphatic carbocycles. The van der Waals surface area contributed by atoms with Gasteiger partial charge in [0.15, 0.2) is 0 Å². The monoisotopic (exact) mass is 209 g/mol. The van der Waals surface area contributed by atoms with Gasteiger partial charge in [-0.1, -0.05) is 13.3 Å². The van der Waals surface area contributed by atoms with Crippen LogP contribution >= 0.6 is 0 Å². The normalized spacial score (nSPS) is 12.4. The van der Waals surface area contributed by atoms with Gasteiger partial charge in [0.25, 0.3) is 5.56 Å². The molecule has 1 aromatic rings. The molecule has 0 amide bonds. The van der Waals surface area contributed by atoms with E-state index in [1.54, 1.807) is 19.2 Å². The van der Waals surface area contributed by atoms with E-state index in [0.29, 0.717) is 6.42 Å². The summed E-state index contributed by atoms with van der Waals surface area (Å²) in [7, 11) is 0. The van der Waals surface area contributed by atoms with Gasteiger partial charge in [0.2, 0.25) is 0 Å². The standard InChI is InChI=1S/C11H15NO3/c1-3-4-9(11(14)15)12-6-5-8(2)7-10(12)13/h5-7,9H,3-4H2,1-2H3,(H,14,15)/t9-/m0/s1. The zero-order valence-electron chi connectivity index (χ0n) is 8.93. The maximum absolute atomic E-state index is 11.6. The fourth-order valence-corrected chi connectivity index (χ4v) is 1.50. The maximum Gasteiger partial charge on any atom is 0.326 e. The predicted octanol–water partition coefficient (Wildman–Crippen LogP) is 1.58. The van der Waals surface area contributed by atoms with Gasteiger partial charge in [0, 0.05) is 12.3 Å². The van der Waals surface area contributed by atoms with E-state index in [1.165, 1.54) is 10.6 Å². The summed E-state index contributed by atoms with van der Waals surface area (Å²) < 4.78 is 1.28. The van der Waals surface area contributed by atoms with Crippen LogP contribution in [0.3, 0.4) is 0 Å². The van der Waals surface area contributed by atoms with Crippen LogP contribution in [0.15, 0.2) is 23.1 Å². The van der Waals surface area contributed by atoms with Crippen molar-refractivity contribution in [2.75, 3.05) is 0 Å². The molecule has 0 spiro atoms. The molecule has 1 N–H and O–H groups in total. The van der Waals surface area contributed by atoms with Gasteiger partial charge in [-0.25, -0.2) is 4.79 Å². The van der Waals surface area contributed by atoms with E-state index >= 15 is 0 Å². The fourth-order valence-electron chi connectivity index (χ4n) is 1.50. The summed E-state index contributed by atoms with van der Waals surface area (Å²) >= 11 is 0. The van der Waals surface area contributed by atoms with Crippen molar-refractivity contribution in [2.45, 2.75) is 32.7 Å². The first kappa shape index (κ1) is 11.5. The van der Waals surface area contributed by atoms with Crippen molar-refractivity contribution < 1.29 is 9.90 Å². The quantitative estimate of drug-likeness (QED) is 0.819. The van der Waals surface area contributed by atoms with Crippen molar-refractivity contribution in [3.8, 4) is 0 Å². The summed E-state index contributed by atoms with van der Waals surface area (Å²) in [6, 6.07) is 2.45. The third-order valence-corrected chi connectivity index (χ3v) is 2.29. The van der Waals surface area contributed by atoms with Crippen LogP contribution in [-0.2, 0) is 4.79 Å². The maximum atomic E-state index is 11.6. The Morgan fingerprint density at radius 3 is 2.73 bits per heavy atom. The van der Waals surface area contributed by atoms with Crippen LogP contribution in [0.2, 0.25) is 0 Å². The van der Waals surface area contributed by atoms with Gasteiger partial charge in [0.1, 0.15) is 6.04 Å². The van der Waals surface area contributed by atoms with Crippen LogP contribution in [0.5, 0.6) is 0 Å². The molecule has 0 saturated heterocycles. The predicted molar refractivity (Wildman–Crippen MR) is 57.0 cm³/mol. The number of hydrogen-bond acceptors (Lipinski definition) is 2. The van der Waals surface area contributed by atoms with Crippen molar-refractivity contribution in [1.29, 1.82) is 0 Å². The second kappa shape index (κ2) is 4.77. The third kappa shape index (κ3) is 2.68. The topological polar surface area (TPSA) is 59.3 Å². The van der Waals surface area contributed by atoms with E-state index in [1.807, 2.05) is 6.92 Å². The largest absolute Gasteiger partial charge is 0.480 e. The number of aromatic nitrogens is 1. The first-order chi connectivity index (χ1) is 7.06. The van der Waals surface area contributed by atoms with E-state index in [2.05, 4.69) is 0 Å². The highest BCUT2D eigenvalue weighted by atomic mass is 16.4. The van der Waals surface area contributed by atoms with Crippen molar-refractivity contribution >= 4 is 5.97 Å². The van der Waals surface area contributed by atoms with Crippen LogP contribution in [0.4, 0.5) is 0 Å². The van der Waals surface area contributed by atoms with E-state index in [0.717, 1.165) is 12.0 Å². The van der Waals surface area contributed by atoms with Gasteiger partial charge >= 0.3 is 5.97 Å². The fraction of sp³-hybridized carbons (Fsp3) is 0.455. The number of nitrogens with zero attached hydrogens (tertiary/aromatic N) is 1. The minimum atomic E-state index is -0.956. The highest BCUT2D eigenvalue weighted by molar-refractivity contribution is 5.71. The molecule has 1 rings (SSSR count). The first-order valence-electron chi connectivity index (χ1n) is 4.98. The third-order valence-electron chi connectivity index (χ3n) is 2.29. The summed E-state index contributed by atoms with van der Waals surface area (Å²) in [6.45, 7) is 3.70. The van der Waals surface area contributed by atoms with Crippen LogP contribution in [0.25, 0.3) is 0 Å². The number of carboxylic acids is 1. The van der Waals surface area contributed by atoms with Crippen molar-refractivity contribution in [2.24, 2.45) is 0 Å². The summed E-state index contributed by atoms with van der Waals surface area (Å²) in [5, 5.41) is 8.99. The average molecular weight is 209 g/mol. The van der Waals surface area contributed by atoms with Gasteiger partial charge < -0.3 is 9.67 Å². The summed E-state index contributed by atoms with van der Waals surface area (Å²) in [5.41, 5.74) is 0.590. The van der Waals surface area contributed by atoms with E-state index in [4.69, 9.17) is 5.11 Å². The van der Waals surface area contributed by atoms with Crippen molar-refractivity contribution in [3.63, 3.8) is 0 Å². The molecular formula is C11H15NO3. The Balaban J connectivity index is 3.11. The summed E-state index contributed by atoms with van der Waals surface area (Å²) in [4.78, 5) is 22.5. The van der Waals surface area contributed by atoms with Gasteiger partial charge in [-0.3, -0.25) is 4.79 Å².